The summed E-state index contributed by atoms with van der Waals surface area (Å²) in [5.74, 6) is 1.71. The molecular weight excluding hydrogens is 284 g/mol. The summed E-state index contributed by atoms with van der Waals surface area (Å²) in [6.45, 7) is 7.91. The van der Waals surface area contributed by atoms with Crippen LogP contribution in [0.25, 0.3) is 0 Å². The second-order valence-corrected chi connectivity index (χ2v) is 5.59. The van der Waals surface area contributed by atoms with Gasteiger partial charge < -0.3 is 14.5 Å². The molecule has 1 atom stereocenters. The minimum absolute atomic E-state index is 0.330. The Morgan fingerprint density at radius 2 is 2.24 bits per heavy atom. The van der Waals surface area contributed by atoms with Crippen molar-refractivity contribution in [2.45, 2.75) is 37.8 Å². The minimum atomic E-state index is 0.330. The average molecular weight is 306 g/mol. The summed E-state index contributed by atoms with van der Waals surface area (Å²) in [5, 5.41) is 4.11. The van der Waals surface area contributed by atoms with E-state index in [1.165, 1.54) is 11.1 Å². The lowest BCUT2D eigenvalue weighted by Crippen LogP contribution is -2.17. The molecule has 1 aromatic heterocycles. The van der Waals surface area contributed by atoms with E-state index in [1.54, 1.807) is 24.2 Å². The molecule has 0 spiro atoms. The number of thioether (sulfide) groups is 1. The van der Waals surface area contributed by atoms with E-state index in [0.717, 1.165) is 18.0 Å². The van der Waals surface area contributed by atoms with Crippen molar-refractivity contribution in [2.24, 2.45) is 0 Å². The van der Waals surface area contributed by atoms with Crippen molar-refractivity contribution in [2.75, 3.05) is 13.2 Å². The van der Waals surface area contributed by atoms with E-state index >= 15 is 0 Å². The quantitative estimate of drug-likeness (QED) is 0.746. The van der Waals surface area contributed by atoms with Crippen molar-refractivity contribution in [3.05, 3.63) is 41.8 Å². The van der Waals surface area contributed by atoms with Crippen molar-refractivity contribution in [3.8, 4) is 5.75 Å². The molecule has 0 aliphatic rings. The first-order valence-electron chi connectivity index (χ1n) is 7.25. The number of ether oxygens (including phenoxy) is 1. The van der Waals surface area contributed by atoms with Gasteiger partial charge in [-0.2, -0.15) is 0 Å². The standard InChI is InChI=1S/C16H22N2O2S/c1-4-17-12(3)13-6-7-15(19-5-2)14(10-13)11-21-16-18-8-9-20-16/h6-10,12,17H,4-5,11H2,1-3H3. The molecule has 0 saturated heterocycles. The Balaban J connectivity index is 2.15. The highest BCUT2D eigenvalue weighted by atomic mass is 32.2. The lowest BCUT2D eigenvalue weighted by molar-refractivity contribution is 0.337. The van der Waals surface area contributed by atoms with Crippen LogP contribution >= 0.6 is 11.8 Å². The summed E-state index contributed by atoms with van der Waals surface area (Å²) < 4.78 is 11.0. The van der Waals surface area contributed by atoms with Crippen LogP contribution in [0.5, 0.6) is 5.75 Å². The third-order valence-electron chi connectivity index (χ3n) is 3.16. The molecule has 0 saturated carbocycles. The topological polar surface area (TPSA) is 47.3 Å². The van der Waals surface area contributed by atoms with Crippen LogP contribution < -0.4 is 10.1 Å². The molecular formula is C16H22N2O2S. The first-order chi connectivity index (χ1) is 10.2. The van der Waals surface area contributed by atoms with Crippen LogP contribution in [0.15, 0.2) is 40.3 Å². The maximum atomic E-state index is 5.72. The molecule has 0 aliphatic carbocycles. The Labute approximate surface area is 130 Å². The van der Waals surface area contributed by atoms with E-state index < -0.39 is 0 Å². The largest absolute Gasteiger partial charge is 0.494 e. The Bertz CT molecular complexity index is 543. The van der Waals surface area contributed by atoms with Gasteiger partial charge in [0, 0.05) is 17.4 Å². The lowest BCUT2D eigenvalue weighted by atomic mass is 10.0. The SMILES string of the molecule is CCNC(C)c1ccc(OCC)c(CSc2ncco2)c1. The minimum Gasteiger partial charge on any atom is -0.494 e. The molecule has 1 N–H and O–H groups in total. The summed E-state index contributed by atoms with van der Waals surface area (Å²) in [7, 11) is 0. The van der Waals surface area contributed by atoms with Gasteiger partial charge in [-0.3, -0.25) is 0 Å². The van der Waals surface area contributed by atoms with Crippen molar-refractivity contribution >= 4 is 11.8 Å². The van der Waals surface area contributed by atoms with E-state index in [0.29, 0.717) is 17.9 Å². The predicted molar refractivity (Wildman–Crippen MR) is 85.8 cm³/mol. The van der Waals surface area contributed by atoms with Gasteiger partial charge in [0.1, 0.15) is 12.0 Å². The van der Waals surface area contributed by atoms with Gasteiger partial charge in [0.2, 0.25) is 0 Å². The number of benzene rings is 1. The Kier molecular flexibility index (Phi) is 6.14. The van der Waals surface area contributed by atoms with Gasteiger partial charge in [0.15, 0.2) is 0 Å². The summed E-state index contributed by atoms with van der Waals surface area (Å²) in [6, 6.07) is 6.71. The fourth-order valence-electron chi connectivity index (χ4n) is 2.12. The number of nitrogens with one attached hydrogen (secondary N) is 1. The van der Waals surface area contributed by atoms with E-state index in [4.69, 9.17) is 9.15 Å². The highest BCUT2D eigenvalue weighted by molar-refractivity contribution is 7.98. The van der Waals surface area contributed by atoms with E-state index in [1.807, 2.05) is 6.92 Å². The van der Waals surface area contributed by atoms with Gasteiger partial charge in [-0.15, -0.1) is 0 Å². The average Bonchev–Trinajstić information content (AvgIpc) is 3.00. The van der Waals surface area contributed by atoms with Crippen LogP contribution in [0.1, 0.15) is 37.9 Å². The molecule has 0 aliphatic heterocycles. The van der Waals surface area contributed by atoms with E-state index in [-0.39, 0.29) is 0 Å². The van der Waals surface area contributed by atoms with Crippen LogP contribution in [0, 0.1) is 0 Å². The van der Waals surface area contributed by atoms with Crippen LogP contribution in [-0.2, 0) is 5.75 Å². The zero-order valence-corrected chi connectivity index (χ0v) is 13.6. The molecule has 21 heavy (non-hydrogen) atoms. The molecule has 114 valence electrons. The van der Waals surface area contributed by atoms with Crippen LogP contribution in [0.4, 0.5) is 0 Å². The molecule has 1 heterocycles. The van der Waals surface area contributed by atoms with Gasteiger partial charge in [0.05, 0.1) is 12.8 Å². The first kappa shape index (κ1) is 15.9. The van der Waals surface area contributed by atoms with Crippen LogP contribution in [0.2, 0.25) is 0 Å². The maximum Gasteiger partial charge on any atom is 0.255 e. The highest BCUT2D eigenvalue weighted by Gasteiger charge is 2.11. The summed E-state index contributed by atoms with van der Waals surface area (Å²) in [5.41, 5.74) is 2.44. The predicted octanol–water partition coefficient (Wildman–Crippen LogP) is 4.04. The summed E-state index contributed by atoms with van der Waals surface area (Å²) in [6.07, 6.45) is 3.25. The van der Waals surface area contributed by atoms with E-state index in [2.05, 4.69) is 42.3 Å². The molecule has 1 unspecified atom stereocenters. The monoisotopic (exact) mass is 306 g/mol. The van der Waals surface area contributed by atoms with Crippen molar-refractivity contribution in [3.63, 3.8) is 0 Å². The van der Waals surface area contributed by atoms with Crippen LogP contribution in [0.3, 0.4) is 0 Å². The number of rotatable bonds is 8. The molecule has 2 rings (SSSR count). The number of hydrogen-bond donors (Lipinski definition) is 1. The van der Waals surface area contributed by atoms with Crippen molar-refractivity contribution < 1.29 is 9.15 Å². The molecule has 5 heteroatoms. The number of hydrogen-bond acceptors (Lipinski definition) is 5. The van der Waals surface area contributed by atoms with Gasteiger partial charge in [-0.05, 0) is 38.1 Å². The smallest absolute Gasteiger partial charge is 0.255 e. The molecule has 0 amide bonds. The fourth-order valence-corrected chi connectivity index (χ4v) is 2.89. The molecule has 0 fully saturated rings. The summed E-state index contributed by atoms with van der Waals surface area (Å²) in [4.78, 5) is 4.14. The maximum absolute atomic E-state index is 5.72. The molecule has 1 aromatic carbocycles. The van der Waals surface area contributed by atoms with Crippen molar-refractivity contribution in [1.82, 2.24) is 10.3 Å². The second kappa shape index (κ2) is 8.10. The van der Waals surface area contributed by atoms with Gasteiger partial charge >= 0.3 is 0 Å². The number of aromatic nitrogens is 1. The Morgan fingerprint density at radius 3 is 2.90 bits per heavy atom. The third-order valence-corrected chi connectivity index (χ3v) is 4.06. The molecule has 0 radical (unpaired) electrons. The van der Waals surface area contributed by atoms with Gasteiger partial charge in [-0.25, -0.2) is 4.98 Å². The molecule has 2 aromatic rings. The van der Waals surface area contributed by atoms with Gasteiger partial charge in [-0.1, -0.05) is 24.8 Å². The van der Waals surface area contributed by atoms with Crippen LogP contribution in [-0.4, -0.2) is 18.1 Å². The third kappa shape index (κ3) is 4.51. The molecule has 4 nitrogen and oxygen atoms in total. The molecule has 0 bridgehead atoms. The van der Waals surface area contributed by atoms with E-state index in [9.17, 15) is 0 Å². The van der Waals surface area contributed by atoms with Crippen molar-refractivity contribution in [1.29, 1.82) is 0 Å². The number of nitrogens with zero attached hydrogens (tertiary/aromatic N) is 1. The Morgan fingerprint density at radius 1 is 1.38 bits per heavy atom. The normalized spacial score (nSPS) is 12.3. The fraction of sp³-hybridized carbons (Fsp3) is 0.438. The number of oxazole rings is 1. The van der Waals surface area contributed by atoms with Gasteiger partial charge in [0.25, 0.3) is 5.22 Å². The Hall–Kier alpha value is -1.46. The summed E-state index contributed by atoms with van der Waals surface area (Å²) >= 11 is 1.58. The second-order valence-electron chi connectivity index (χ2n) is 4.67. The first-order valence-corrected chi connectivity index (χ1v) is 8.24. The highest BCUT2D eigenvalue weighted by Crippen LogP contribution is 2.29. The zero-order chi connectivity index (χ0) is 15.1. The lowest BCUT2D eigenvalue weighted by Gasteiger charge is -2.16. The zero-order valence-electron chi connectivity index (χ0n) is 12.8.